The number of ether oxygens (including phenoxy) is 1. The molecule has 6 heteroatoms. The molecule has 0 unspecified atom stereocenters. The number of aromatic nitrogens is 1. The molecule has 4 fully saturated rings. The highest BCUT2D eigenvalue weighted by molar-refractivity contribution is 5.86. The van der Waals surface area contributed by atoms with Gasteiger partial charge in [0.1, 0.15) is 6.26 Å². The lowest BCUT2D eigenvalue weighted by Crippen LogP contribution is -2.54. The Morgan fingerprint density at radius 1 is 1.18 bits per heavy atom. The number of unbranched alkanes of at least 4 members (excludes halogenated alkanes) is 2. The van der Waals surface area contributed by atoms with Crippen LogP contribution in [0.5, 0.6) is 0 Å². The van der Waals surface area contributed by atoms with E-state index in [0.29, 0.717) is 18.3 Å². The van der Waals surface area contributed by atoms with Gasteiger partial charge in [-0.3, -0.25) is 4.79 Å². The maximum Gasteiger partial charge on any atom is 0.360 e. The third kappa shape index (κ3) is 3.70. The molecular weight excluding hydrogens is 356 g/mol. The third-order valence-electron chi connectivity index (χ3n) is 7.08. The molecule has 0 atom stereocenters. The van der Waals surface area contributed by atoms with Gasteiger partial charge >= 0.3 is 5.97 Å². The van der Waals surface area contributed by atoms with Gasteiger partial charge in [-0.1, -0.05) is 19.8 Å². The summed E-state index contributed by atoms with van der Waals surface area (Å²) >= 11 is 0. The standard InChI is InChI=1S/C22H32N2O4/c1-3-4-5-6-24(13-19-23-18(14-28-19)20(25)27-2)21(26)22-10-15-7-16(11-22)9-17(8-15)12-22/h14-17H,3-13H2,1-2H3. The van der Waals surface area contributed by atoms with Crippen LogP contribution < -0.4 is 0 Å². The molecule has 0 aromatic carbocycles. The summed E-state index contributed by atoms with van der Waals surface area (Å²) in [5.74, 6) is 2.40. The molecule has 5 rings (SSSR count). The maximum absolute atomic E-state index is 13.8. The summed E-state index contributed by atoms with van der Waals surface area (Å²) in [4.78, 5) is 31.6. The van der Waals surface area contributed by atoms with Crippen molar-refractivity contribution >= 4 is 11.9 Å². The summed E-state index contributed by atoms with van der Waals surface area (Å²) in [5, 5.41) is 0. The summed E-state index contributed by atoms with van der Waals surface area (Å²) in [6.07, 6.45) is 11.7. The van der Waals surface area contributed by atoms with Crippen LogP contribution in [0.25, 0.3) is 0 Å². The van der Waals surface area contributed by atoms with Gasteiger partial charge in [-0.15, -0.1) is 0 Å². The van der Waals surface area contributed by atoms with Crippen LogP contribution in [-0.2, 0) is 16.1 Å². The number of amides is 1. The fourth-order valence-corrected chi connectivity index (χ4v) is 6.26. The lowest BCUT2D eigenvalue weighted by atomic mass is 9.49. The molecule has 1 heterocycles. The molecule has 0 radical (unpaired) electrons. The molecule has 1 amide bonds. The van der Waals surface area contributed by atoms with Crippen LogP contribution in [0.2, 0.25) is 0 Å². The summed E-state index contributed by atoms with van der Waals surface area (Å²) < 4.78 is 10.2. The van der Waals surface area contributed by atoms with E-state index in [9.17, 15) is 9.59 Å². The molecule has 0 N–H and O–H groups in total. The lowest BCUT2D eigenvalue weighted by Gasteiger charge is -2.56. The SMILES string of the molecule is CCCCCN(Cc1nc(C(=O)OC)co1)C(=O)C12CC3CC(CC(C3)C1)C2. The molecule has 0 spiro atoms. The van der Waals surface area contributed by atoms with Crippen LogP contribution >= 0.6 is 0 Å². The predicted molar refractivity (Wildman–Crippen MR) is 103 cm³/mol. The Labute approximate surface area is 167 Å². The van der Waals surface area contributed by atoms with E-state index >= 15 is 0 Å². The second-order valence-corrected chi connectivity index (χ2v) is 9.25. The summed E-state index contributed by atoms with van der Waals surface area (Å²) in [6.45, 7) is 3.23. The van der Waals surface area contributed by atoms with E-state index < -0.39 is 5.97 Å². The van der Waals surface area contributed by atoms with Crippen LogP contribution in [0.4, 0.5) is 0 Å². The minimum absolute atomic E-state index is 0.160. The van der Waals surface area contributed by atoms with Gasteiger partial charge in [-0.2, -0.15) is 0 Å². The van der Waals surface area contributed by atoms with Crippen molar-refractivity contribution in [2.75, 3.05) is 13.7 Å². The Balaban J connectivity index is 1.51. The number of nitrogens with zero attached hydrogens (tertiary/aromatic N) is 2. The van der Waals surface area contributed by atoms with Crippen molar-refractivity contribution in [3.63, 3.8) is 0 Å². The summed E-state index contributed by atoms with van der Waals surface area (Å²) in [7, 11) is 1.32. The first-order valence-electron chi connectivity index (χ1n) is 10.8. The van der Waals surface area contributed by atoms with Crippen LogP contribution in [0.1, 0.15) is 81.1 Å². The topological polar surface area (TPSA) is 72.6 Å². The molecular formula is C22H32N2O4. The largest absolute Gasteiger partial charge is 0.464 e. The Bertz CT molecular complexity index is 691. The molecule has 0 saturated heterocycles. The number of esters is 1. The second-order valence-electron chi connectivity index (χ2n) is 9.25. The summed E-state index contributed by atoms with van der Waals surface area (Å²) in [6, 6.07) is 0. The Morgan fingerprint density at radius 2 is 1.82 bits per heavy atom. The quantitative estimate of drug-likeness (QED) is 0.493. The first-order valence-corrected chi connectivity index (χ1v) is 10.8. The summed E-state index contributed by atoms with van der Waals surface area (Å²) in [5.41, 5.74) is -0.00749. The van der Waals surface area contributed by atoms with Crippen LogP contribution in [0.15, 0.2) is 10.7 Å². The fraction of sp³-hybridized carbons (Fsp3) is 0.773. The Hall–Kier alpha value is -1.85. The Kier molecular flexibility index (Phi) is 5.48. The molecule has 6 nitrogen and oxygen atoms in total. The van der Waals surface area contributed by atoms with Gasteiger partial charge in [0, 0.05) is 6.54 Å². The first-order chi connectivity index (χ1) is 13.5. The van der Waals surface area contributed by atoms with Crippen molar-refractivity contribution in [1.29, 1.82) is 0 Å². The van der Waals surface area contributed by atoms with Gasteiger partial charge in [0.05, 0.1) is 19.1 Å². The molecule has 28 heavy (non-hydrogen) atoms. The average Bonchev–Trinajstić information content (AvgIpc) is 3.14. The molecule has 4 aliphatic carbocycles. The van der Waals surface area contributed by atoms with Crippen LogP contribution in [0, 0.1) is 23.2 Å². The van der Waals surface area contributed by atoms with Gasteiger partial charge in [0.2, 0.25) is 11.8 Å². The highest BCUT2D eigenvalue weighted by atomic mass is 16.5. The number of carbonyl (C=O) groups excluding carboxylic acids is 2. The predicted octanol–water partition coefficient (Wildman–Crippen LogP) is 4.20. The van der Waals surface area contributed by atoms with Crippen molar-refractivity contribution < 1.29 is 18.7 Å². The van der Waals surface area contributed by atoms with Crippen molar-refractivity contribution in [2.24, 2.45) is 23.2 Å². The smallest absolute Gasteiger partial charge is 0.360 e. The van der Waals surface area contributed by atoms with Gasteiger partial charge in [-0.05, 0) is 62.7 Å². The van der Waals surface area contributed by atoms with Gasteiger partial charge in [-0.25, -0.2) is 9.78 Å². The van der Waals surface area contributed by atoms with E-state index in [1.54, 1.807) is 0 Å². The van der Waals surface area contributed by atoms with Crippen LogP contribution in [0.3, 0.4) is 0 Å². The lowest BCUT2D eigenvalue weighted by molar-refractivity contribution is -0.158. The van der Waals surface area contributed by atoms with Gasteiger partial charge in [0.25, 0.3) is 0 Å². The first kappa shape index (κ1) is 19.5. The number of oxazole rings is 1. The van der Waals surface area contributed by atoms with E-state index in [2.05, 4.69) is 11.9 Å². The van der Waals surface area contributed by atoms with Crippen LogP contribution in [-0.4, -0.2) is 35.4 Å². The minimum atomic E-state index is -0.514. The monoisotopic (exact) mass is 388 g/mol. The van der Waals surface area contributed by atoms with Crippen molar-refractivity contribution in [1.82, 2.24) is 9.88 Å². The molecule has 4 bridgehead atoms. The van der Waals surface area contributed by atoms with E-state index in [1.807, 2.05) is 4.90 Å². The fourth-order valence-electron chi connectivity index (χ4n) is 6.26. The number of hydrogen-bond acceptors (Lipinski definition) is 5. The van der Waals surface area contributed by atoms with E-state index in [1.165, 1.54) is 32.6 Å². The number of methoxy groups -OCH3 is 1. The zero-order chi connectivity index (χ0) is 19.7. The minimum Gasteiger partial charge on any atom is -0.464 e. The van der Waals surface area contributed by atoms with E-state index in [0.717, 1.165) is 62.8 Å². The zero-order valence-electron chi connectivity index (χ0n) is 17.1. The third-order valence-corrected chi connectivity index (χ3v) is 7.08. The zero-order valence-corrected chi connectivity index (χ0v) is 17.1. The molecule has 1 aromatic rings. The second kappa shape index (κ2) is 7.88. The molecule has 4 saturated carbocycles. The highest BCUT2D eigenvalue weighted by Gasteiger charge is 2.55. The van der Waals surface area contributed by atoms with Crippen molar-refractivity contribution in [2.45, 2.75) is 71.3 Å². The van der Waals surface area contributed by atoms with Gasteiger partial charge < -0.3 is 14.1 Å². The maximum atomic E-state index is 13.8. The number of rotatable bonds is 8. The normalized spacial score (nSPS) is 30.4. The molecule has 0 aliphatic heterocycles. The van der Waals surface area contributed by atoms with Gasteiger partial charge in [0.15, 0.2) is 5.69 Å². The average molecular weight is 389 g/mol. The van der Waals surface area contributed by atoms with Crippen molar-refractivity contribution in [3.05, 3.63) is 17.8 Å². The number of carbonyl (C=O) groups is 2. The Morgan fingerprint density at radius 3 is 2.39 bits per heavy atom. The van der Waals surface area contributed by atoms with E-state index in [4.69, 9.17) is 9.15 Å². The molecule has 1 aromatic heterocycles. The highest BCUT2D eigenvalue weighted by Crippen LogP contribution is 2.60. The molecule has 4 aliphatic rings. The van der Waals surface area contributed by atoms with Crippen molar-refractivity contribution in [3.8, 4) is 0 Å². The molecule has 154 valence electrons. The van der Waals surface area contributed by atoms with E-state index in [-0.39, 0.29) is 11.1 Å². The number of hydrogen-bond donors (Lipinski definition) is 0.